The summed E-state index contributed by atoms with van der Waals surface area (Å²) in [5, 5.41) is 7.83. The number of hydrogen-bond acceptors (Lipinski definition) is 3. The van der Waals surface area contributed by atoms with Crippen LogP contribution in [0.3, 0.4) is 0 Å². The largest absolute Gasteiger partial charge is 0.308 e. The lowest BCUT2D eigenvalue weighted by Gasteiger charge is -2.11. The van der Waals surface area contributed by atoms with Crippen molar-refractivity contribution in [1.29, 1.82) is 0 Å². The van der Waals surface area contributed by atoms with E-state index in [2.05, 4.69) is 49.5 Å². The molecule has 0 radical (unpaired) electrons. The second kappa shape index (κ2) is 6.16. The highest BCUT2D eigenvalue weighted by Crippen LogP contribution is 2.23. The molecule has 2 rings (SSSR count). The minimum absolute atomic E-state index is 0.423. The summed E-state index contributed by atoms with van der Waals surface area (Å²) < 4.78 is 1.99. The molecule has 1 unspecified atom stereocenters. The predicted octanol–water partition coefficient (Wildman–Crippen LogP) is 3.17. The monoisotopic (exact) mass is 263 g/mol. The van der Waals surface area contributed by atoms with Crippen molar-refractivity contribution in [2.24, 2.45) is 0 Å². The summed E-state index contributed by atoms with van der Waals surface area (Å²) in [5.41, 5.74) is 1.22. The second-order valence-electron chi connectivity index (χ2n) is 4.61. The van der Waals surface area contributed by atoms with Gasteiger partial charge in [0.05, 0.1) is 12.7 Å². The van der Waals surface area contributed by atoms with E-state index in [-0.39, 0.29) is 0 Å². The van der Waals surface area contributed by atoms with E-state index in [1.54, 1.807) is 0 Å². The van der Waals surface area contributed by atoms with Gasteiger partial charge in [0, 0.05) is 28.5 Å². The molecule has 2 heterocycles. The van der Waals surface area contributed by atoms with Crippen molar-refractivity contribution in [2.45, 2.75) is 39.8 Å². The Morgan fingerprint density at radius 1 is 1.44 bits per heavy atom. The van der Waals surface area contributed by atoms with E-state index in [1.165, 1.54) is 15.3 Å². The predicted molar refractivity (Wildman–Crippen MR) is 77.1 cm³/mol. The van der Waals surface area contributed by atoms with E-state index in [9.17, 15) is 0 Å². The summed E-state index contributed by atoms with van der Waals surface area (Å²) in [7, 11) is 0. The maximum Gasteiger partial charge on any atom is 0.0534 e. The van der Waals surface area contributed by atoms with Crippen molar-refractivity contribution >= 4 is 11.3 Å². The van der Waals surface area contributed by atoms with Gasteiger partial charge in [0.15, 0.2) is 0 Å². The van der Waals surface area contributed by atoms with E-state index >= 15 is 0 Å². The third kappa shape index (κ3) is 3.43. The molecule has 3 nitrogen and oxygen atoms in total. The van der Waals surface area contributed by atoms with Gasteiger partial charge in [0.2, 0.25) is 0 Å². The molecular formula is C14H21N3S. The standard InChI is InChI=1S/C14H21N3S/c1-4-13-5-6-14(18-13)12(3)15-7-8-17-10-11(2)9-16-17/h5-6,9-10,12,15H,4,7-8H2,1-3H3. The van der Waals surface area contributed by atoms with Crippen molar-refractivity contribution in [2.75, 3.05) is 6.54 Å². The van der Waals surface area contributed by atoms with Crippen molar-refractivity contribution in [3.8, 4) is 0 Å². The van der Waals surface area contributed by atoms with E-state index in [0.29, 0.717) is 6.04 Å². The summed E-state index contributed by atoms with van der Waals surface area (Å²) in [5.74, 6) is 0. The van der Waals surface area contributed by atoms with Crippen molar-refractivity contribution in [3.63, 3.8) is 0 Å². The molecule has 0 aliphatic carbocycles. The van der Waals surface area contributed by atoms with Gasteiger partial charge in [-0.2, -0.15) is 5.10 Å². The zero-order valence-corrected chi connectivity index (χ0v) is 12.1. The van der Waals surface area contributed by atoms with Crippen molar-refractivity contribution in [3.05, 3.63) is 39.8 Å². The van der Waals surface area contributed by atoms with Gasteiger partial charge in [-0.05, 0) is 38.0 Å². The van der Waals surface area contributed by atoms with Crippen LogP contribution in [0.1, 0.15) is 35.2 Å². The van der Waals surface area contributed by atoms with Crippen LogP contribution in [0.15, 0.2) is 24.5 Å². The summed E-state index contributed by atoms with van der Waals surface area (Å²) in [4.78, 5) is 2.88. The number of aryl methyl sites for hydroxylation is 2. The van der Waals surface area contributed by atoms with E-state index in [1.807, 2.05) is 22.2 Å². The molecule has 0 saturated heterocycles. The molecule has 0 spiro atoms. The van der Waals surface area contributed by atoms with E-state index in [0.717, 1.165) is 19.5 Å². The molecule has 0 fully saturated rings. The van der Waals surface area contributed by atoms with Crippen LogP contribution >= 0.6 is 11.3 Å². The van der Waals surface area contributed by atoms with E-state index < -0.39 is 0 Å². The Morgan fingerprint density at radius 3 is 2.89 bits per heavy atom. The molecule has 0 amide bonds. The average Bonchev–Trinajstić information content (AvgIpc) is 2.98. The Balaban J connectivity index is 1.79. The first-order chi connectivity index (χ1) is 8.69. The van der Waals surface area contributed by atoms with Gasteiger partial charge < -0.3 is 5.32 Å². The van der Waals surface area contributed by atoms with Crippen molar-refractivity contribution < 1.29 is 0 Å². The lowest BCUT2D eigenvalue weighted by molar-refractivity contribution is 0.511. The quantitative estimate of drug-likeness (QED) is 0.867. The number of nitrogens with one attached hydrogen (secondary N) is 1. The van der Waals surface area contributed by atoms with E-state index in [4.69, 9.17) is 0 Å². The highest BCUT2D eigenvalue weighted by molar-refractivity contribution is 7.12. The van der Waals surface area contributed by atoms with Crippen LogP contribution in [0, 0.1) is 6.92 Å². The SMILES string of the molecule is CCc1ccc(C(C)NCCn2cc(C)cn2)s1. The maximum atomic E-state index is 4.28. The first kappa shape index (κ1) is 13.3. The molecule has 1 atom stereocenters. The zero-order valence-electron chi connectivity index (χ0n) is 11.3. The van der Waals surface area contributed by atoms with Gasteiger partial charge in [-0.15, -0.1) is 11.3 Å². The maximum absolute atomic E-state index is 4.28. The van der Waals surface area contributed by atoms with Crippen LogP contribution < -0.4 is 5.32 Å². The van der Waals surface area contributed by atoms with Crippen LogP contribution in [-0.2, 0) is 13.0 Å². The van der Waals surface area contributed by atoms with Crippen LogP contribution in [0.25, 0.3) is 0 Å². The van der Waals surface area contributed by atoms with Crippen LogP contribution in [0.4, 0.5) is 0 Å². The van der Waals surface area contributed by atoms with Gasteiger partial charge in [0.25, 0.3) is 0 Å². The molecule has 0 bridgehead atoms. The second-order valence-corrected chi connectivity index (χ2v) is 5.81. The number of hydrogen-bond donors (Lipinski definition) is 1. The summed E-state index contributed by atoms with van der Waals surface area (Å²) in [6, 6.07) is 4.89. The van der Waals surface area contributed by atoms with Crippen LogP contribution in [-0.4, -0.2) is 16.3 Å². The fourth-order valence-corrected chi connectivity index (χ4v) is 2.88. The molecule has 0 aromatic carbocycles. The topological polar surface area (TPSA) is 29.9 Å². The summed E-state index contributed by atoms with van der Waals surface area (Å²) >= 11 is 1.91. The molecule has 0 aliphatic rings. The number of thiophene rings is 1. The van der Waals surface area contributed by atoms with Crippen molar-refractivity contribution in [1.82, 2.24) is 15.1 Å². The Kier molecular flexibility index (Phi) is 4.55. The first-order valence-electron chi connectivity index (χ1n) is 6.50. The van der Waals surface area contributed by atoms with Gasteiger partial charge in [-0.25, -0.2) is 0 Å². The third-order valence-electron chi connectivity index (χ3n) is 3.01. The van der Waals surface area contributed by atoms with Gasteiger partial charge in [-0.1, -0.05) is 6.92 Å². The number of rotatable bonds is 6. The number of nitrogens with zero attached hydrogens (tertiary/aromatic N) is 2. The molecule has 98 valence electrons. The Morgan fingerprint density at radius 2 is 2.28 bits per heavy atom. The normalized spacial score (nSPS) is 12.8. The minimum atomic E-state index is 0.423. The fourth-order valence-electron chi connectivity index (χ4n) is 1.90. The minimum Gasteiger partial charge on any atom is -0.308 e. The lowest BCUT2D eigenvalue weighted by atomic mass is 10.2. The summed E-state index contributed by atoms with van der Waals surface area (Å²) in [6.07, 6.45) is 5.10. The third-order valence-corrected chi connectivity index (χ3v) is 4.42. The highest BCUT2D eigenvalue weighted by atomic mass is 32.1. The molecule has 1 N–H and O–H groups in total. The number of aromatic nitrogens is 2. The highest BCUT2D eigenvalue weighted by Gasteiger charge is 2.07. The molecule has 4 heteroatoms. The van der Waals surface area contributed by atoms with Gasteiger partial charge in [0.1, 0.15) is 0 Å². The van der Waals surface area contributed by atoms with Gasteiger partial charge in [-0.3, -0.25) is 4.68 Å². The first-order valence-corrected chi connectivity index (χ1v) is 7.31. The average molecular weight is 263 g/mol. The fraction of sp³-hybridized carbons (Fsp3) is 0.500. The molecule has 0 aliphatic heterocycles. The molecule has 2 aromatic heterocycles. The Hall–Kier alpha value is -1.13. The zero-order chi connectivity index (χ0) is 13.0. The summed E-state index contributed by atoms with van der Waals surface area (Å²) in [6.45, 7) is 8.36. The Bertz CT molecular complexity index is 487. The Labute approximate surface area is 113 Å². The van der Waals surface area contributed by atoms with Gasteiger partial charge >= 0.3 is 0 Å². The molecular weight excluding hydrogens is 242 g/mol. The lowest BCUT2D eigenvalue weighted by Crippen LogP contribution is -2.22. The van der Waals surface area contributed by atoms with Crippen LogP contribution in [0.2, 0.25) is 0 Å². The van der Waals surface area contributed by atoms with Crippen LogP contribution in [0.5, 0.6) is 0 Å². The molecule has 2 aromatic rings. The smallest absolute Gasteiger partial charge is 0.0534 e. The molecule has 18 heavy (non-hydrogen) atoms. The molecule has 0 saturated carbocycles.